The largest absolute Gasteiger partial charge is 0.508 e. The Labute approximate surface area is 227 Å². The molecule has 0 radical (unpaired) electrons. The van der Waals surface area contributed by atoms with E-state index in [2.05, 4.69) is 16.0 Å². The lowest BCUT2D eigenvalue weighted by Gasteiger charge is -2.26. The fourth-order valence-corrected chi connectivity index (χ4v) is 3.79. The summed E-state index contributed by atoms with van der Waals surface area (Å²) in [5.74, 6) is -4.62. The molecule has 4 atom stereocenters. The number of hydrogen-bond donors (Lipinski definition) is 8. The number of rotatable bonds is 18. The molecule has 0 fully saturated rings. The van der Waals surface area contributed by atoms with Crippen LogP contribution in [-0.4, -0.2) is 75.7 Å². The minimum Gasteiger partial charge on any atom is -0.508 e. The summed E-state index contributed by atoms with van der Waals surface area (Å²) in [7, 11) is 0. The van der Waals surface area contributed by atoms with Crippen molar-refractivity contribution in [1.82, 2.24) is 16.0 Å². The van der Waals surface area contributed by atoms with Gasteiger partial charge in [0.05, 0.1) is 6.04 Å². The van der Waals surface area contributed by atoms with Crippen molar-refractivity contribution in [1.29, 1.82) is 0 Å². The second-order valence-corrected chi connectivity index (χ2v) is 9.85. The zero-order chi connectivity index (χ0) is 29.5. The first kappa shape index (κ1) is 33.3. The summed E-state index contributed by atoms with van der Waals surface area (Å²) < 4.78 is 0. The number of aliphatic carboxylic acids is 2. The van der Waals surface area contributed by atoms with Gasteiger partial charge in [0.1, 0.15) is 23.9 Å². The summed E-state index contributed by atoms with van der Waals surface area (Å²) in [5.41, 5.74) is 12.1. The van der Waals surface area contributed by atoms with Crippen LogP contribution >= 0.6 is 0 Å². The van der Waals surface area contributed by atoms with Crippen LogP contribution in [0.15, 0.2) is 24.3 Å². The third-order valence-electron chi connectivity index (χ3n) is 5.91. The van der Waals surface area contributed by atoms with Crippen LogP contribution in [0.4, 0.5) is 0 Å². The van der Waals surface area contributed by atoms with Crippen LogP contribution in [0.3, 0.4) is 0 Å². The topological polar surface area (TPSA) is 234 Å². The number of carbonyl (C=O) groups is 5. The molecule has 1 aromatic carbocycles. The van der Waals surface area contributed by atoms with Gasteiger partial charge in [-0.25, -0.2) is 4.79 Å². The Morgan fingerprint density at radius 2 is 1.38 bits per heavy atom. The molecule has 4 unspecified atom stereocenters. The first-order valence-corrected chi connectivity index (χ1v) is 12.9. The highest BCUT2D eigenvalue weighted by Crippen LogP contribution is 2.12. The van der Waals surface area contributed by atoms with Crippen LogP contribution in [0, 0.1) is 5.92 Å². The van der Waals surface area contributed by atoms with Crippen molar-refractivity contribution in [2.45, 2.75) is 83.0 Å². The third kappa shape index (κ3) is 13.1. The van der Waals surface area contributed by atoms with E-state index in [1.807, 2.05) is 13.8 Å². The highest BCUT2D eigenvalue weighted by molar-refractivity contribution is 5.94. The van der Waals surface area contributed by atoms with Gasteiger partial charge in [-0.1, -0.05) is 26.0 Å². The molecule has 39 heavy (non-hydrogen) atoms. The van der Waals surface area contributed by atoms with Crippen molar-refractivity contribution in [2.75, 3.05) is 6.54 Å². The van der Waals surface area contributed by atoms with Gasteiger partial charge in [0, 0.05) is 6.42 Å². The van der Waals surface area contributed by atoms with Gasteiger partial charge in [-0.3, -0.25) is 19.2 Å². The lowest BCUT2D eigenvalue weighted by molar-refractivity contribution is -0.142. The molecule has 0 spiro atoms. The SMILES string of the molecule is CC(C)CC(NC(=O)C(CCC(=O)O)NC(=O)C(N)Cc1ccc(O)cc1)C(=O)NC(CCCCN)C(=O)O. The second kappa shape index (κ2) is 17.0. The Hall–Kier alpha value is -3.71. The van der Waals surface area contributed by atoms with E-state index in [4.69, 9.17) is 16.6 Å². The van der Waals surface area contributed by atoms with Gasteiger partial charge in [-0.05, 0) is 68.7 Å². The number of carbonyl (C=O) groups excluding carboxylic acids is 3. The highest BCUT2D eigenvalue weighted by Gasteiger charge is 2.31. The van der Waals surface area contributed by atoms with Crippen molar-refractivity contribution in [3.63, 3.8) is 0 Å². The summed E-state index contributed by atoms with van der Waals surface area (Å²) in [4.78, 5) is 61.7. The molecule has 0 saturated heterocycles. The Morgan fingerprint density at radius 1 is 0.821 bits per heavy atom. The first-order valence-electron chi connectivity index (χ1n) is 12.9. The Kier molecular flexibility index (Phi) is 14.5. The van der Waals surface area contributed by atoms with Crippen molar-refractivity contribution in [3.8, 4) is 5.75 Å². The predicted molar refractivity (Wildman–Crippen MR) is 142 cm³/mol. The Balaban J connectivity index is 2.98. The number of unbranched alkanes of at least 4 members (excludes halogenated alkanes) is 1. The number of nitrogens with two attached hydrogens (primary N) is 2. The van der Waals surface area contributed by atoms with Crippen molar-refractivity contribution in [2.24, 2.45) is 17.4 Å². The third-order valence-corrected chi connectivity index (χ3v) is 5.91. The summed E-state index contributed by atoms with van der Waals surface area (Å²) in [6, 6.07) is 1.39. The van der Waals surface area contributed by atoms with Crippen LogP contribution in [0.25, 0.3) is 0 Å². The van der Waals surface area contributed by atoms with E-state index in [0.717, 1.165) is 0 Å². The van der Waals surface area contributed by atoms with E-state index in [0.29, 0.717) is 24.9 Å². The van der Waals surface area contributed by atoms with Gasteiger partial charge in [0.2, 0.25) is 17.7 Å². The van der Waals surface area contributed by atoms with Crippen molar-refractivity contribution >= 4 is 29.7 Å². The van der Waals surface area contributed by atoms with E-state index in [1.54, 1.807) is 12.1 Å². The lowest BCUT2D eigenvalue weighted by atomic mass is 10.0. The quantitative estimate of drug-likeness (QED) is 0.112. The standard InChI is InChI=1S/C26H41N5O8/c1-15(2)13-21(25(37)30-20(26(38)39)5-3-4-12-27)31-24(36)19(10-11-22(33)34)29-23(35)18(28)14-16-6-8-17(32)9-7-16/h6-9,15,18-21,32H,3-5,10-14,27-28H2,1-2H3,(H,29,35)(H,30,37)(H,31,36)(H,33,34)(H,38,39). The van der Waals surface area contributed by atoms with Crippen LogP contribution in [0.1, 0.15) is 57.9 Å². The molecule has 13 heteroatoms. The summed E-state index contributed by atoms with van der Waals surface area (Å²) >= 11 is 0. The number of aromatic hydroxyl groups is 1. The zero-order valence-electron chi connectivity index (χ0n) is 22.4. The van der Waals surface area contributed by atoms with Crippen LogP contribution in [-0.2, 0) is 30.4 Å². The molecule has 0 saturated carbocycles. The van der Waals surface area contributed by atoms with Crippen LogP contribution in [0.2, 0.25) is 0 Å². The minimum absolute atomic E-state index is 0.0485. The molecular weight excluding hydrogens is 510 g/mol. The lowest BCUT2D eigenvalue weighted by Crippen LogP contribution is -2.57. The average molecular weight is 552 g/mol. The van der Waals surface area contributed by atoms with Gasteiger partial charge >= 0.3 is 11.9 Å². The normalized spacial score (nSPS) is 14.1. The Bertz CT molecular complexity index is 970. The van der Waals surface area contributed by atoms with Crippen molar-refractivity contribution < 1.29 is 39.3 Å². The number of carboxylic acid groups (broad SMARTS) is 2. The number of carboxylic acids is 2. The Morgan fingerprint density at radius 3 is 1.92 bits per heavy atom. The number of phenolic OH excluding ortho intramolecular Hbond substituents is 1. The van der Waals surface area contributed by atoms with Gasteiger partial charge in [-0.2, -0.15) is 0 Å². The zero-order valence-corrected chi connectivity index (χ0v) is 22.4. The van der Waals surface area contributed by atoms with E-state index in [-0.39, 0.29) is 37.4 Å². The molecule has 10 N–H and O–H groups in total. The monoisotopic (exact) mass is 551 g/mol. The molecule has 1 aromatic rings. The fourth-order valence-electron chi connectivity index (χ4n) is 3.79. The smallest absolute Gasteiger partial charge is 0.326 e. The first-order chi connectivity index (χ1) is 18.3. The molecule has 0 aliphatic rings. The average Bonchev–Trinajstić information content (AvgIpc) is 2.86. The number of nitrogens with one attached hydrogen (secondary N) is 3. The number of hydrogen-bond acceptors (Lipinski definition) is 8. The summed E-state index contributed by atoms with van der Waals surface area (Å²) in [6.07, 6.45) is 0.816. The highest BCUT2D eigenvalue weighted by atomic mass is 16.4. The van der Waals surface area contributed by atoms with E-state index in [1.165, 1.54) is 12.1 Å². The van der Waals surface area contributed by atoms with Gasteiger partial charge < -0.3 is 42.7 Å². The molecule has 218 valence electrons. The van der Waals surface area contributed by atoms with Crippen LogP contribution < -0.4 is 27.4 Å². The predicted octanol–water partition coefficient (Wildman–Crippen LogP) is -0.159. The molecule has 0 bridgehead atoms. The maximum atomic E-state index is 13.1. The molecule has 1 rings (SSSR count). The fraction of sp³-hybridized carbons (Fsp3) is 0.577. The maximum Gasteiger partial charge on any atom is 0.326 e. The number of amides is 3. The summed E-state index contributed by atoms with van der Waals surface area (Å²) in [5, 5.41) is 35.5. The second-order valence-electron chi connectivity index (χ2n) is 9.85. The molecule has 13 nitrogen and oxygen atoms in total. The van der Waals surface area contributed by atoms with E-state index in [9.17, 15) is 34.2 Å². The van der Waals surface area contributed by atoms with Gasteiger partial charge in [0.15, 0.2) is 0 Å². The number of phenols is 1. The molecular formula is C26H41N5O8. The van der Waals surface area contributed by atoms with Crippen molar-refractivity contribution in [3.05, 3.63) is 29.8 Å². The van der Waals surface area contributed by atoms with Gasteiger partial charge in [-0.15, -0.1) is 0 Å². The molecule has 0 aliphatic heterocycles. The van der Waals surface area contributed by atoms with Gasteiger partial charge in [0.25, 0.3) is 0 Å². The minimum atomic E-state index is -1.30. The van der Waals surface area contributed by atoms with E-state index < -0.39 is 60.2 Å². The molecule has 0 aliphatic carbocycles. The number of benzene rings is 1. The molecule has 0 heterocycles. The van der Waals surface area contributed by atoms with E-state index >= 15 is 0 Å². The van der Waals surface area contributed by atoms with Crippen LogP contribution in [0.5, 0.6) is 5.75 Å². The maximum absolute atomic E-state index is 13.1. The molecule has 3 amide bonds. The molecule has 0 aromatic heterocycles. The summed E-state index contributed by atoms with van der Waals surface area (Å²) in [6.45, 7) is 4.01.